The van der Waals surface area contributed by atoms with Crippen LogP contribution in [0.15, 0.2) is 0 Å². The fraction of sp³-hybridized carbons (Fsp3) is 0.810. The van der Waals surface area contributed by atoms with Crippen molar-refractivity contribution in [1.82, 2.24) is 0 Å². The van der Waals surface area contributed by atoms with E-state index in [0.717, 1.165) is 18.4 Å². The summed E-state index contributed by atoms with van der Waals surface area (Å²) in [7, 11) is -3.40. The molecule has 0 rings (SSSR count). The van der Waals surface area contributed by atoms with Gasteiger partial charge in [-0.25, -0.2) is 9.59 Å². The smallest absolute Gasteiger partial charge is 0.742 e. The Labute approximate surface area is 267 Å². The fourth-order valence-electron chi connectivity index (χ4n) is 1.72. The van der Waals surface area contributed by atoms with Gasteiger partial charge in [-0.05, 0) is 47.5 Å². The minimum atomic E-state index is -3.40. The Kier molecular flexibility index (Phi) is 34.1. The first-order valence-electron chi connectivity index (χ1n) is 10.9. The van der Waals surface area contributed by atoms with Gasteiger partial charge in [0.05, 0.1) is 26.1 Å². The van der Waals surface area contributed by atoms with Crippen molar-refractivity contribution in [2.45, 2.75) is 66.6 Å². The molecule has 208 valence electrons. The molecule has 0 aromatic carbocycles. The molecule has 0 saturated heterocycles. The van der Waals surface area contributed by atoms with Crippen molar-refractivity contribution in [2.75, 3.05) is 45.0 Å². The van der Waals surface area contributed by atoms with Gasteiger partial charge in [0.1, 0.15) is 0 Å². The van der Waals surface area contributed by atoms with E-state index in [2.05, 4.69) is 16.8 Å². The molecule has 0 amide bonds. The van der Waals surface area contributed by atoms with Crippen LogP contribution < -0.4 is 51.4 Å². The first-order valence-corrected chi connectivity index (χ1v) is 14.1. The van der Waals surface area contributed by atoms with Crippen molar-refractivity contribution in [1.29, 1.82) is 0 Å². The van der Waals surface area contributed by atoms with Crippen LogP contribution in [-0.4, -0.2) is 87.8 Å². The summed E-state index contributed by atoms with van der Waals surface area (Å²) < 4.78 is 45.5. The van der Waals surface area contributed by atoms with Crippen LogP contribution in [0.4, 0.5) is 0 Å². The number of thioether (sulfide) groups is 1. The number of hydrogen-bond donors (Lipinski definition) is 0. The average molecular weight is 603 g/mol. The van der Waals surface area contributed by atoms with Crippen LogP contribution in [0.25, 0.3) is 0 Å². The van der Waals surface area contributed by atoms with Crippen molar-refractivity contribution >= 4 is 56.7 Å². The zero-order valence-corrected chi connectivity index (χ0v) is 28.1. The van der Waals surface area contributed by atoms with E-state index in [4.69, 9.17) is 18.9 Å². The summed E-state index contributed by atoms with van der Waals surface area (Å²) in [6, 6.07) is 0. The summed E-state index contributed by atoms with van der Waals surface area (Å²) in [4.78, 5) is 42.0. The van der Waals surface area contributed by atoms with Crippen molar-refractivity contribution < 1.29 is 102 Å². The van der Waals surface area contributed by atoms with Crippen LogP contribution >= 0.6 is 11.8 Å². The minimum absolute atomic E-state index is 0. The summed E-state index contributed by atoms with van der Waals surface area (Å²) in [6.45, 7) is 11.0. The molecular weight excluding hydrogens is 564 g/mol. The first-order chi connectivity index (χ1) is 16.2. The largest absolute Gasteiger partial charge is 1.00 e. The first kappa shape index (κ1) is 43.4. The van der Waals surface area contributed by atoms with Crippen LogP contribution in [0, 0.1) is 0 Å². The van der Waals surface area contributed by atoms with E-state index < -0.39 is 28.3 Å². The maximum Gasteiger partial charge on any atom is 1.00 e. The van der Waals surface area contributed by atoms with Gasteiger partial charge >= 0.3 is 63.3 Å². The molecule has 36 heavy (non-hydrogen) atoms. The van der Waals surface area contributed by atoms with Gasteiger partial charge in [-0.1, -0.05) is 11.8 Å². The van der Waals surface area contributed by atoms with Crippen molar-refractivity contribution in [3.05, 3.63) is 0 Å². The molecule has 0 aliphatic carbocycles. The van der Waals surface area contributed by atoms with E-state index in [1.165, 1.54) is 25.6 Å². The second-order valence-electron chi connectivity index (χ2n) is 6.59. The molecule has 0 radical (unpaired) electrons. The molecule has 0 aromatic rings. The van der Waals surface area contributed by atoms with Gasteiger partial charge in [-0.3, -0.25) is 8.98 Å². The molecule has 0 aliphatic rings. The Morgan fingerprint density at radius 2 is 1.22 bits per heavy atom. The summed E-state index contributed by atoms with van der Waals surface area (Å²) >= 11 is 5.25. The molecule has 0 unspecified atom stereocenters. The van der Waals surface area contributed by atoms with Gasteiger partial charge in [0.2, 0.25) is 0 Å². The second kappa shape index (κ2) is 28.3. The van der Waals surface area contributed by atoms with Gasteiger partial charge < -0.3 is 36.4 Å². The molecule has 2 atom stereocenters. The van der Waals surface area contributed by atoms with Crippen molar-refractivity contribution in [3.8, 4) is 0 Å². The number of carbonyl (C=O) groups is 4. The van der Waals surface area contributed by atoms with Gasteiger partial charge in [-0.2, -0.15) is 8.42 Å². The third-order valence-electron chi connectivity index (χ3n) is 3.15. The topological polar surface area (TPSA) is 149 Å². The van der Waals surface area contributed by atoms with Crippen molar-refractivity contribution in [3.63, 3.8) is 0 Å². The molecule has 0 spiro atoms. The van der Waals surface area contributed by atoms with Crippen molar-refractivity contribution in [2.24, 2.45) is 0 Å². The van der Waals surface area contributed by atoms with Gasteiger partial charge in [0.15, 0.2) is 17.3 Å². The average Bonchev–Trinajstić information content (AvgIpc) is 2.72. The molecular formula is C21H39KO11S3. The fourth-order valence-corrected chi connectivity index (χ4v) is 2.69. The molecule has 0 aliphatic heterocycles. The molecule has 0 N–H and O–H groups in total. The van der Waals surface area contributed by atoms with Gasteiger partial charge in [0, 0.05) is 31.0 Å². The van der Waals surface area contributed by atoms with Crippen LogP contribution in [0.1, 0.15) is 54.4 Å². The molecule has 0 bridgehead atoms. The number of rotatable bonds is 15. The molecule has 0 fully saturated rings. The second-order valence-corrected chi connectivity index (χ2v) is 10.1. The van der Waals surface area contributed by atoms with Crippen LogP contribution in [0.5, 0.6) is 0 Å². The van der Waals surface area contributed by atoms with Gasteiger partial charge in [0.25, 0.3) is 10.1 Å². The number of esters is 2. The Balaban J connectivity index is -0.000000242. The predicted molar refractivity (Wildman–Crippen MR) is 135 cm³/mol. The Morgan fingerprint density at radius 1 is 0.833 bits per heavy atom. The van der Waals surface area contributed by atoms with E-state index in [0.29, 0.717) is 26.2 Å². The summed E-state index contributed by atoms with van der Waals surface area (Å²) in [5.74, 6) is -0.0338. The Bertz CT molecular complexity index is 699. The maximum absolute atomic E-state index is 11.1. The monoisotopic (exact) mass is 602 g/mol. The molecule has 0 saturated carbocycles. The third-order valence-corrected chi connectivity index (χ3v) is 4.65. The number of hydrogen-bond acceptors (Lipinski definition) is 13. The third kappa shape index (κ3) is 38.8. The Morgan fingerprint density at radius 3 is 1.56 bits per heavy atom. The summed E-state index contributed by atoms with van der Waals surface area (Å²) in [5.41, 5.74) is 0. The van der Waals surface area contributed by atoms with Crippen LogP contribution in [-0.2, 0) is 65.1 Å². The molecule has 0 heterocycles. The van der Waals surface area contributed by atoms with Gasteiger partial charge in [-0.15, -0.1) is 0 Å². The van der Waals surface area contributed by atoms with E-state index in [1.54, 1.807) is 27.7 Å². The van der Waals surface area contributed by atoms with Crippen LogP contribution in [0.3, 0.4) is 0 Å². The summed E-state index contributed by atoms with van der Waals surface area (Å²) in [6.07, 6.45) is 0.977. The standard InChI is InChI=1S/C10H18O4S.C9H18O6S.C2H4OS.K/c1-4-13-10(12)8(2)14-6-5-7-15-9(3)11;1-4-13-9(10)8(2)14-6-5-7-15-16(3,11)12;1-2(3)4;/h8H,4-7H2,1-3H3;8H,4-7H2,1-3H3;1H3,(H,3,4);/q;;;+1/p-1/t2*8-;;/m00../s1. The SMILES string of the molecule is CC(=O)[S-].CCOC(=O)[C@H](C)OCCCOS(C)(=O)=O.CCOC(=O)[C@H](C)OCCCSC(C)=O.[K+]. The zero-order chi connectivity index (χ0) is 27.9. The summed E-state index contributed by atoms with van der Waals surface area (Å²) in [5, 5.41) is -0.145. The van der Waals surface area contributed by atoms with E-state index in [9.17, 15) is 27.6 Å². The molecule has 15 heteroatoms. The van der Waals surface area contributed by atoms with Crippen LogP contribution in [0.2, 0.25) is 0 Å². The normalized spacial score (nSPS) is 11.8. The van der Waals surface area contributed by atoms with E-state index >= 15 is 0 Å². The Hall–Kier alpha value is 0.316. The molecule has 0 aromatic heterocycles. The maximum atomic E-state index is 11.1. The zero-order valence-electron chi connectivity index (χ0n) is 22.5. The quantitative estimate of drug-likeness (QED) is 0.0745. The number of ether oxygens (including phenoxy) is 4. The van der Waals surface area contributed by atoms with E-state index in [-0.39, 0.29) is 80.8 Å². The minimum Gasteiger partial charge on any atom is -0.742 e. The van der Waals surface area contributed by atoms with E-state index in [1.807, 2.05) is 0 Å². The molecule has 11 nitrogen and oxygen atoms in total. The predicted octanol–water partition coefficient (Wildman–Crippen LogP) is -0.971. The number of carbonyl (C=O) groups excluding carboxylic acids is 4.